The maximum absolute atomic E-state index is 13.0. The van der Waals surface area contributed by atoms with Crippen LogP contribution in [0.5, 0.6) is 0 Å². The molecule has 0 aliphatic heterocycles. The second-order valence-corrected chi connectivity index (χ2v) is 4.64. The van der Waals surface area contributed by atoms with Crippen molar-refractivity contribution in [2.24, 2.45) is 0 Å². The van der Waals surface area contributed by atoms with Gasteiger partial charge < -0.3 is 0 Å². The Bertz CT molecular complexity index is 403. The van der Waals surface area contributed by atoms with Gasteiger partial charge in [0.25, 0.3) is 10.0 Å². The van der Waals surface area contributed by atoms with Gasteiger partial charge in [0.05, 0.1) is 0 Å². The van der Waals surface area contributed by atoms with E-state index in [4.69, 9.17) is 0 Å². The Labute approximate surface area is 76.1 Å². The van der Waals surface area contributed by atoms with Crippen LogP contribution in [-0.4, -0.2) is 31.8 Å². The third kappa shape index (κ3) is 1.84. The lowest BCUT2D eigenvalue weighted by atomic mass is 10.5. The first-order chi connectivity index (χ1) is 5.96. The van der Waals surface area contributed by atoms with Gasteiger partial charge in [-0.1, -0.05) is 0 Å². The van der Waals surface area contributed by atoms with Gasteiger partial charge in [-0.25, -0.2) is 22.1 Å². The summed E-state index contributed by atoms with van der Waals surface area (Å²) in [4.78, 5) is 3.47. The van der Waals surface area contributed by atoms with E-state index < -0.39 is 20.9 Å². The molecule has 0 radical (unpaired) electrons. The van der Waals surface area contributed by atoms with Crippen molar-refractivity contribution in [1.29, 1.82) is 0 Å². The molecule has 1 heterocycles. The van der Waals surface area contributed by atoms with E-state index in [1.165, 1.54) is 26.4 Å². The van der Waals surface area contributed by atoms with Crippen LogP contribution in [0, 0.1) is 5.82 Å². The van der Waals surface area contributed by atoms with Gasteiger partial charge in [0, 0.05) is 20.3 Å². The van der Waals surface area contributed by atoms with Crippen LogP contribution in [0.15, 0.2) is 23.4 Å². The second-order valence-electron chi connectivity index (χ2n) is 2.58. The Morgan fingerprint density at radius 2 is 2.08 bits per heavy atom. The monoisotopic (exact) mass is 204 g/mol. The quantitative estimate of drug-likeness (QED) is 0.703. The van der Waals surface area contributed by atoms with Crippen molar-refractivity contribution in [2.45, 2.75) is 5.03 Å². The molecule has 0 unspecified atom stereocenters. The highest BCUT2D eigenvalue weighted by Gasteiger charge is 2.22. The Kier molecular flexibility index (Phi) is 2.63. The number of hydrogen-bond donors (Lipinski definition) is 0. The molecule has 6 heteroatoms. The minimum Gasteiger partial charge on any atom is -0.241 e. The molecule has 72 valence electrons. The van der Waals surface area contributed by atoms with E-state index >= 15 is 0 Å². The van der Waals surface area contributed by atoms with E-state index in [-0.39, 0.29) is 0 Å². The molecule has 0 aliphatic carbocycles. The zero-order chi connectivity index (χ0) is 10.1. The van der Waals surface area contributed by atoms with Crippen LogP contribution in [0.4, 0.5) is 4.39 Å². The summed E-state index contributed by atoms with van der Waals surface area (Å²) >= 11 is 0. The number of hydrogen-bond acceptors (Lipinski definition) is 3. The van der Waals surface area contributed by atoms with Crippen molar-refractivity contribution < 1.29 is 12.8 Å². The van der Waals surface area contributed by atoms with Crippen LogP contribution in [0.3, 0.4) is 0 Å². The average Bonchev–Trinajstić information content (AvgIpc) is 2.04. The van der Waals surface area contributed by atoms with Gasteiger partial charge in [-0.05, 0) is 12.1 Å². The molecule has 0 amide bonds. The number of sulfonamides is 1. The Morgan fingerprint density at radius 3 is 2.54 bits per heavy atom. The van der Waals surface area contributed by atoms with Gasteiger partial charge in [0.2, 0.25) is 5.03 Å². The van der Waals surface area contributed by atoms with Crippen LogP contribution < -0.4 is 0 Å². The average molecular weight is 204 g/mol. The molecule has 0 aromatic carbocycles. The van der Waals surface area contributed by atoms with Gasteiger partial charge in [-0.15, -0.1) is 0 Å². The molecular formula is C7H9FN2O2S. The molecule has 0 N–H and O–H groups in total. The van der Waals surface area contributed by atoms with Crippen LogP contribution in [-0.2, 0) is 10.0 Å². The van der Waals surface area contributed by atoms with Crippen molar-refractivity contribution >= 4 is 10.0 Å². The number of pyridine rings is 1. The van der Waals surface area contributed by atoms with Crippen LogP contribution >= 0.6 is 0 Å². The Hall–Kier alpha value is -1.01. The van der Waals surface area contributed by atoms with Crippen molar-refractivity contribution in [1.82, 2.24) is 9.29 Å². The van der Waals surface area contributed by atoms with E-state index in [1.807, 2.05) is 0 Å². The summed E-state index contributed by atoms with van der Waals surface area (Å²) in [5.74, 6) is -0.837. The molecular weight excluding hydrogens is 195 g/mol. The summed E-state index contributed by atoms with van der Waals surface area (Å²) in [5, 5.41) is -0.542. The van der Waals surface area contributed by atoms with Crippen molar-refractivity contribution in [3.8, 4) is 0 Å². The van der Waals surface area contributed by atoms with E-state index in [0.717, 1.165) is 10.4 Å². The van der Waals surface area contributed by atoms with Gasteiger partial charge in [0.15, 0.2) is 5.82 Å². The molecule has 13 heavy (non-hydrogen) atoms. The normalized spacial score (nSPS) is 12.0. The SMILES string of the molecule is CN(C)S(=O)(=O)c1ncccc1F. The van der Waals surface area contributed by atoms with Crippen molar-refractivity contribution in [2.75, 3.05) is 14.1 Å². The largest absolute Gasteiger partial charge is 0.263 e. The fraction of sp³-hybridized carbons (Fsp3) is 0.286. The molecule has 4 nitrogen and oxygen atoms in total. The highest BCUT2D eigenvalue weighted by atomic mass is 32.2. The lowest BCUT2D eigenvalue weighted by Crippen LogP contribution is -2.24. The molecule has 1 rings (SSSR count). The van der Waals surface area contributed by atoms with Crippen LogP contribution in [0.25, 0.3) is 0 Å². The maximum Gasteiger partial charge on any atom is 0.263 e. The number of nitrogens with zero attached hydrogens (tertiary/aromatic N) is 2. The summed E-state index contributed by atoms with van der Waals surface area (Å²) < 4.78 is 36.6. The maximum atomic E-state index is 13.0. The zero-order valence-electron chi connectivity index (χ0n) is 7.23. The predicted molar refractivity (Wildman–Crippen MR) is 45.1 cm³/mol. The van der Waals surface area contributed by atoms with Crippen molar-refractivity contribution in [3.63, 3.8) is 0 Å². The van der Waals surface area contributed by atoms with Gasteiger partial charge >= 0.3 is 0 Å². The minimum absolute atomic E-state index is 0.542. The van der Waals surface area contributed by atoms with Crippen LogP contribution in [0.1, 0.15) is 0 Å². The summed E-state index contributed by atoms with van der Waals surface area (Å²) in [5.41, 5.74) is 0. The predicted octanol–water partition coefficient (Wildman–Crippen LogP) is 0.471. The molecule has 0 saturated heterocycles. The third-order valence-corrected chi connectivity index (χ3v) is 3.20. The molecule has 0 saturated carbocycles. The first-order valence-electron chi connectivity index (χ1n) is 3.49. The Morgan fingerprint density at radius 1 is 1.46 bits per heavy atom. The fourth-order valence-corrected chi connectivity index (χ4v) is 1.59. The van der Waals surface area contributed by atoms with Crippen molar-refractivity contribution in [3.05, 3.63) is 24.1 Å². The first kappa shape index (κ1) is 10.1. The van der Waals surface area contributed by atoms with E-state index in [1.54, 1.807) is 0 Å². The van der Waals surface area contributed by atoms with Gasteiger partial charge in [-0.3, -0.25) is 0 Å². The molecule has 1 aromatic heterocycles. The molecule has 0 fully saturated rings. The molecule has 0 spiro atoms. The molecule has 0 atom stereocenters. The number of halogens is 1. The lowest BCUT2D eigenvalue weighted by Gasteiger charge is -2.10. The minimum atomic E-state index is -3.76. The molecule has 0 aliphatic rings. The number of rotatable bonds is 2. The first-order valence-corrected chi connectivity index (χ1v) is 4.93. The summed E-state index contributed by atoms with van der Waals surface area (Å²) in [6.07, 6.45) is 1.24. The van der Waals surface area contributed by atoms with Gasteiger partial charge in [0.1, 0.15) is 0 Å². The standard InChI is InChI=1S/C7H9FN2O2S/c1-10(2)13(11,12)7-6(8)4-3-5-9-7/h3-5H,1-2H3. The van der Waals surface area contributed by atoms with E-state index in [9.17, 15) is 12.8 Å². The second kappa shape index (κ2) is 3.39. The van der Waals surface area contributed by atoms with E-state index in [0.29, 0.717) is 0 Å². The molecule has 0 bridgehead atoms. The lowest BCUT2D eigenvalue weighted by molar-refractivity contribution is 0.499. The highest BCUT2D eigenvalue weighted by Crippen LogP contribution is 2.12. The topological polar surface area (TPSA) is 50.3 Å². The van der Waals surface area contributed by atoms with Crippen LogP contribution in [0.2, 0.25) is 0 Å². The summed E-state index contributed by atoms with van der Waals surface area (Å²) in [6.45, 7) is 0. The number of aromatic nitrogens is 1. The zero-order valence-corrected chi connectivity index (χ0v) is 8.05. The van der Waals surface area contributed by atoms with Gasteiger partial charge in [-0.2, -0.15) is 0 Å². The molecule has 1 aromatic rings. The Balaban J connectivity index is 3.32. The third-order valence-electron chi connectivity index (χ3n) is 1.45. The van der Waals surface area contributed by atoms with E-state index in [2.05, 4.69) is 4.98 Å². The fourth-order valence-electron chi connectivity index (χ4n) is 0.734. The smallest absolute Gasteiger partial charge is 0.241 e. The highest BCUT2D eigenvalue weighted by molar-refractivity contribution is 7.89. The summed E-state index contributed by atoms with van der Waals surface area (Å²) in [6, 6.07) is 2.40. The summed E-state index contributed by atoms with van der Waals surface area (Å²) in [7, 11) is -1.11.